The van der Waals surface area contributed by atoms with Crippen LogP contribution in [-0.4, -0.2) is 76.7 Å². The van der Waals surface area contributed by atoms with Crippen molar-refractivity contribution in [3.05, 3.63) is 0 Å². The second kappa shape index (κ2) is 13.3. The number of hydrogen-bond donors (Lipinski definition) is 6. The zero-order valence-electron chi connectivity index (χ0n) is 16.7. The van der Waals surface area contributed by atoms with Gasteiger partial charge in [-0.05, 0) is 37.7 Å². The monoisotopic (exact) mass is 420 g/mol. The smallest absolute Gasteiger partial charge is 0.325 e. The molecule has 162 valence electrons. The first-order valence-corrected chi connectivity index (χ1v) is 10.4. The number of aliphatic carboxylic acids is 1. The third kappa shape index (κ3) is 9.90. The Labute approximate surface area is 169 Å². The molecular weight excluding hydrogens is 388 g/mol. The highest BCUT2D eigenvalue weighted by Crippen LogP contribution is 2.04. The molecule has 0 aromatic rings. The molecule has 28 heavy (non-hydrogen) atoms. The second-order valence-corrected chi connectivity index (χ2v) is 7.88. The third-order valence-corrected chi connectivity index (χ3v) is 4.49. The molecule has 0 spiro atoms. The van der Waals surface area contributed by atoms with E-state index in [1.165, 1.54) is 18.7 Å². The normalized spacial score (nSPS) is 15.2. The summed E-state index contributed by atoms with van der Waals surface area (Å²) in [6.45, 7) is 4.43. The van der Waals surface area contributed by atoms with Crippen molar-refractivity contribution in [2.24, 2.45) is 11.7 Å². The first kappa shape index (κ1) is 26.1. The van der Waals surface area contributed by atoms with Crippen LogP contribution in [0.25, 0.3) is 0 Å². The van der Waals surface area contributed by atoms with Gasteiger partial charge in [-0.15, -0.1) is 0 Å². The molecule has 0 rings (SSSR count). The van der Waals surface area contributed by atoms with Gasteiger partial charge in [0.25, 0.3) is 0 Å². The number of nitrogens with two attached hydrogens (primary N) is 1. The molecule has 11 heteroatoms. The molecule has 0 aliphatic rings. The van der Waals surface area contributed by atoms with E-state index in [0.29, 0.717) is 12.2 Å². The van der Waals surface area contributed by atoms with Gasteiger partial charge in [0.1, 0.15) is 18.1 Å². The molecule has 0 heterocycles. The number of amides is 3. The van der Waals surface area contributed by atoms with Gasteiger partial charge in [-0.1, -0.05) is 13.8 Å². The lowest BCUT2D eigenvalue weighted by atomic mass is 10.0. The zero-order chi connectivity index (χ0) is 21.9. The van der Waals surface area contributed by atoms with Crippen LogP contribution in [0, 0.1) is 5.92 Å². The molecule has 0 fully saturated rings. The minimum absolute atomic E-state index is 0.179. The topological polar surface area (TPSA) is 171 Å². The molecule has 0 aromatic carbocycles. The van der Waals surface area contributed by atoms with Crippen LogP contribution in [0.3, 0.4) is 0 Å². The summed E-state index contributed by atoms with van der Waals surface area (Å²) < 4.78 is 0. The molecule has 3 amide bonds. The van der Waals surface area contributed by atoms with Gasteiger partial charge in [-0.3, -0.25) is 19.2 Å². The quantitative estimate of drug-likeness (QED) is 0.213. The molecule has 4 atom stereocenters. The van der Waals surface area contributed by atoms with Crippen molar-refractivity contribution in [3.63, 3.8) is 0 Å². The molecule has 7 N–H and O–H groups in total. The van der Waals surface area contributed by atoms with Crippen LogP contribution in [0.5, 0.6) is 0 Å². The number of aliphatic hydroxyl groups is 1. The second-order valence-electron chi connectivity index (χ2n) is 6.89. The Morgan fingerprint density at radius 1 is 0.964 bits per heavy atom. The third-order valence-electron chi connectivity index (χ3n) is 3.85. The Kier molecular flexibility index (Phi) is 12.5. The molecule has 0 saturated heterocycles. The largest absolute Gasteiger partial charge is 0.480 e. The Morgan fingerprint density at radius 3 is 1.96 bits per heavy atom. The van der Waals surface area contributed by atoms with Crippen LogP contribution >= 0.6 is 11.8 Å². The highest BCUT2D eigenvalue weighted by molar-refractivity contribution is 7.98. The van der Waals surface area contributed by atoms with Crippen molar-refractivity contribution in [3.8, 4) is 0 Å². The van der Waals surface area contributed by atoms with Crippen LogP contribution in [0.4, 0.5) is 0 Å². The number of thioether (sulfide) groups is 1. The molecule has 0 aliphatic carbocycles. The fourth-order valence-electron chi connectivity index (χ4n) is 2.24. The molecule has 0 bridgehead atoms. The summed E-state index contributed by atoms with van der Waals surface area (Å²) in [7, 11) is 0. The van der Waals surface area contributed by atoms with Gasteiger partial charge in [0, 0.05) is 0 Å². The summed E-state index contributed by atoms with van der Waals surface area (Å²) in [5.41, 5.74) is 5.77. The maximum atomic E-state index is 12.4. The van der Waals surface area contributed by atoms with Crippen LogP contribution < -0.4 is 21.7 Å². The average molecular weight is 421 g/mol. The van der Waals surface area contributed by atoms with Gasteiger partial charge in [-0.25, -0.2) is 0 Å². The number of hydrogen-bond acceptors (Lipinski definition) is 7. The summed E-state index contributed by atoms with van der Waals surface area (Å²) in [4.78, 5) is 47.7. The van der Waals surface area contributed by atoms with Crippen molar-refractivity contribution < 1.29 is 29.4 Å². The van der Waals surface area contributed by atoms with E-state index in [9.17, 15) is 24.3 Å². The number of carboxylic acids is 1. The first-order valence-electron chi connectivity index (χ1n) is 9.02. The Balaban J connectivity index is 5.02. The van der Waals surface area contributed by atoms with E-state index in [4.69, 9.17) is 10.8 Å². The lowest BCUT2D eigenvalue weighted by Crippen LogP contribution is -2.58. The molecule has 0 saturated carbocycles. The fourth-order valence-corrected chi connectivity index (χ4v) is 2.71. The van der Waals surface area contributed by atoms with E-state index in [2.05, 4.69) is 16.0 Å². The number of rotatable bonds is 13. The zero-order valence-corrected chi connectivity index (χ0v) is 17.5. The van der Waals surface area contributed by atoms with E-state index < -0.39 is 54.5 Å². The minimum Gasteiger partial charge on any atom is -0.480 e. The maximum absolute atomic E-state index is 12.4. The molecule has 0 unspecified atom stereocenters. The molecule has 0 radical (unpaired) electrons. The number of aliphatic hydroxyl groups excluding tert-OH is 1. The number of nitrogens with one attached hydrogen (secondary N) is 3. The number of carboxylic acid groups (broad SMARTS) is 1. The molecular formula is C17H32N4O6S. The van der Waals surface area contributed by atoms with Gasteiger partial charge in [0.05, 0.1) is 12.6 Å². The van der Waals surface area contributed by atoms with Crippen LogP contribution in [0.15, 0.2) is 0 Å². The van der Waals surface area contributed by atoms with Crippen LogP contribution in [-0.2, 0) is 19.2 Å². The van der Waals surface area contributed by atoms with Crippen molar-refractivity contribution in [1.82, 2.24) is 16.0 Å². The van der Waals surface area contributed by atoms with E-state index in [1.807, 2.05) is 20.1 Å². The average Bonchev–Trinajstić information content (AvgIpc) is 2.61. The van der Waals surface area contributed by atoms with Crippen LogP contribution in [0.2, 0.25) is 0 Å². The summed E-state index contributed by atoms with van der Waals surface area (Å²) >= 11 is 1.45. The number of carbonyl (C=O) groups excluding carboxylic acids is 3. The van der Waals surface area contributed by atoms with Gasteiger partial charge in [0.2, 0.25) is 17.7 Å². The van der Waals surface area contributed by atoms with E-state index in [-0.39, 0.29) is 12.3 Å². The minimum atomic E-state index is -1.27. The summed E-state index contributed by atoms with van der Waals surface area (Å²) in [6, 6.07) is -4.22. The lowest BCUT2D eigenvalue weighted by molar-refractivity contribution is -0.141. The number of carbonyl (C=O) groups is 4. The molecule has 0 aromatic heterocycles. The standard InChI is InChI=1S/C17H32N4O6S/c1-9(2)7-11(18)14(23)21-13(8-22)16(25)20-12(5-6-28-4)15(24)19-10(3)17(26)27/h9-13,22H,5-8,18H2,1-4H3,(H,19,24)(H,20,25)(H,21,23)(H,26,27)/t10-,11-,12-,13-/m0/s1. The van der Waals surface area contributed by atoms with E-state index >= 15 is 0 Å². The van der Waals surface area contributed by atoms with Gasteiger partial charge in [0.15, 0.2) is 0 Å². The van der Waals surface area contributed by atoms with Gasteiger partial charge >= 0.3 is 5.97 Å². The van der Waals surface area contributed by atoms with E-state index in [1.54, 1.807) is 0 Å². The van der Waals surface area contributed by atoms with Crippen molar-refractivity contribution in [1.29, 1.82) is 0 Å². The van der Waals surface area contributed by atoms with E-state index in [0.717, 1.165) is 0 Å². The Morgan fingerprint density at radius 2 is 1.50 bits per heavy atom. The summed E-state index contributed by atoms with van der Waals surface area (Å²) in [5.74, 6) is -2.48. The molecule has 10 nitrogen and oxygen atoms in total. The van der Waals surface area contributed by atoms with Crippen molar-refractivity contribution in [2.45, 2.75) is 57.8 Å². The molecule has 0 aliphatic heterocycles. The van der Waals surface area contributed by atoms with Crippen molar-refractivity contribution >= 4 is 35.5 Å². The predicted molar refractivity (Wildman–Crippen MR) is 107 cm³/mol. The van der Waals surface area contributed by atoms with Crippen LogP contribution in [0.1, 0.15) is 33.6 Å². The van der Waals surface area contributed by atoms with Gasteiger partial charge in [-0.2, -0.15) is 11.8 Å². The summed E-state index contributed by atoms with van der Waals surface area (Å²) in [6.07, 6.45) is 2.49. The lowest BCUT2D eigenvalue weighted by Gasteiger charge is -2.24. The highest BCUT2D eigenvalue weighted by Gasteiger charge is 2.28. The Bertz CT molecular complexity index is 546. The van der Waals surface area contributed by atoms with Gasteiger partial charge < -0.3 is 31.9 Å². The van der Waals surface area contributed by atoms with Crippen molar-refractivity contribution in [2.75, 3.05) is 18.6 Å². The maximum Gasteiger partial charge on any atom is 0.325 e. The summed E-state index contributed by atoms with van der Waals surface area (Å²) in [5, 5.41) is 25.5. The predicted octanol–water partition coefficient (Wildman–Crippen LogP) is -1.34. The SMILES string of the molecule is CSCC[C@H](NC(=O)[C@H](CO)NC(=O)[C@@H](N)CC(C)C)C(=O)N[C@@H](C)C(=O)O. The Hall–Kier alpha value is -1.85. The fraction of sp³-hybridized carbons (Fsp3) is 0.765. The first-order chi connectivity index (χ1) is 13.0. The highest BCUT2D eigenvalue weighted by atomic mass is 32.2.